The van der Waals surface area contributed by atoms with Crippen LogP contribution < -0.4 is 4.74 Å². The third kappa shape index (κ3) is 4.09. The molecule has 0 spiro atoms. The van der Waals surface area contributed by atoms with Crippen LogP contribution in [0.1, 0.15) is 22.3 Å². The molecule has 0 radical (unpaired) electrons. The summed E-state index contributed by atoms with van der Waals surface area (Å²) in [6.07, 6.45) is 3.86. The zero-order chi connectivity index (χ0) is 16.8. The molecule has 0 unspecified atom stereocenters. The summed E-state index contributed by atoms with van der Waals surface area (Å²) in [5.41, 5.74) is 2.73. The van der Waals surface area contributed by atoms with Gasteiger partial charge in [-0.1, -0.05) is 30.3 Å². The smallest absolute Gasteiger partial charge is 0.153 e. The van der Waals surface area contributed by atoms with Gasteiger partial charge in [-0.3, -0.25) is 9.69 Å². The third-order valence-corrected chi connectivity index (χ3v) is 4.20. The van der Waals surface area contributed by atoms with Crippen molar-refractivity contribution in [2.45, 2.75) is 6.42 Å². The maximum Gasteiger partial charge on any atom is 0.153 e. The molecule has 3 nitrogen and oxygen atoms in total. The highest BCUT2D eigenvalue weighted by Gasteiger charge is 2.13. The third-order valence-electron chi connectivity index (χ3n) is 4.20. The van der Waals surface area contributed by atoms with Crippen molar-refractivity contribution < 1.29 is 13.9 Å². The van der Waals surface area contributed by atoms with E-state index < -0.39 is 0 Å². The van der Waals surface area contributed by atoms with Gasteiger partial charge in [0.1, 0.15) is 18.2 Å². The summed E-state index contributed by atoms with van der Waals surface area (Å²) in [6.45, 7) is 3.07. The number of ether oxygens (including phenoxy) is 1. The standard InChI is InChI=1S/C20H20FNO2/c21-19-6-3-5-17(14-19)16-8-10-22(11-9-16)12-13-24-20-7-2-1-4-18(20)15-23/h1-8,14-15H,9-13H2. The van der Waals surface area contributed by atoms with Crippen molar-refractivity contribution in [1.82, 2.24) is 4.90 Å². The summed E-state index contributed by atoms with van der Waals surface area (Å²) in [7, 11) is 0. The Kier molecular flexibility index (Phi) is 5.39. The van der Waals surface area contributed by atoms with Crippen molar-refractivity contribution in [1.29, 1.82) is 0 Å². The van der Waals surface area contributed by atoms with Crippen LogP contribution >= 0.6 is 0 Å². The van der Waals surface area contributed by atoms with Crippen molar-refractivity contribution in [3.05, 3.63) is 71.6 Å². The molecule has 3 rings (SSSR count). The van der Waals surface area contributed by atoms with E-state index in [2.05, 4.69) is 11.0 Å². The molecule has 0 saturated carbocycles. The predicted molar refractivity (Wildman–Crippen MR) is 92.8 cm³/mol. The van der Waals surface area contributed by atoms with E-state index in [1.807, 2.05) is 24.3 Å². The first-order valence-corrected chi connectivity index (χ1v) is 8.10. The molecule has 0 atom stereocenters. The fraction of sp³-hybridized carbons (Fsp3) is 0.250. The summed E-state index contributed by atoms with van der Waals surface area (Å²) in [6, 6.07) is 14.0. The Balaban J connectivity index is 1.51. The topological polar surface area (TPSA) is 29.5 Å². The second-order valence-corrected chi connectivity index (χ2v) is 5.79. The fourth-order valence-corrected chi connectivity index (χ4v) is 2.86. The number of rotatable bonds is 6. The van der Waals surface area contributed by atoms with Crippen LogP contribution in [0, 0.1) is 5.82 Å². The van der Waals surface area contributed by atoms with Crippen molar-refractivity contribution in [3.8, 4) is 5.75 Å². The fourth-order valence-electron chi connectivity index (χ4n) is 2.86. The van der Waals surface area contributed by atoms with Crippen molar-refractivity contribution in [2.24, 2.45) is 0 Å². The highest BCUT2D eigenvalue weighted by Crippen LogP contribution is 2.23. The average Bonchev–Trinajstić information content (AvgIpc) is 2.63. The van der Waals surface area contributed by atoms with E-state index in [1.54, 1.807) is 18.2 Å². The normalized spacial score (nSPS) is 15.0. The van der Waals surface area contributed by atoms with Gasteiger partial charge in [0.05, 0.1) is 5.56 Å². The first kappa shape index (κ1) is 16.4. The van der Waals surface area contributed by atoms with Gasteiger partial charge in [-0.2, -0.15) is 0 Å². The van der Waals surface area contributed by atoms with Crippen LogP contribution in [0.2, 0.25) is 0 Å². The maximum atomic E-state index is 13.3. The lowest BCUT2D eigenvalue weighted by atomic mass is 9.99. The summed E-state index contributed by atoms with van der Waals surface area (Å²) < 4.78 is 19.0. The number of carbonyl (C=O) groups excluding carboxylic acids is 1. The van der Waals surface area contributed by atoms with Crippen LogP contribution in [0.5, 0.6) is 5.75 Å². The first-order chi connectivity index (χ1) is 11.8. The van der Waals surface area contributed by atoms with Crippen LogP contribution in [-0.4, -0.2) is 37.4 Å². The second kappa shape index (κ2) is 7.88. The minimum Gasteiger partial charge on any atom is -0.492 e. The number of para-hydroxylation sites is 1. The molecule has 0 aliphatic carbocycles. The van der Waals surface area contributed by atoms with E-state index in [0.717, 1.165) is 37.9 Å². The van der Waals surface area contributed by atoms with Gasteiger partial charge in [-0.15, -0.1) is 0 Å². The average molecular weight is 325 g/mol. The zero-order valence-electron chi connectivity index (χ0n) is 13.5. The molecule has 0 saturated heterocycles. The van der Waals surface area contributed by atoms with E-state index in [9.17, 15) is 9.18 Å². The minimum atomic E-state index is -0.196. The number of carbonyl (C=O) groups is 1. The van der Waals surface area contributed by atoms with Gasteiger partial charge in [0.25, 0.3) is 0 Å². The molecular formula is C20H20FNO2. The van der Waals surface area contributed by atoms with Crippen molar-refractivity contribution >= 4 is 11.9 Å². The van der Waals surface area contributed by atoms with Crippen LogP contribution in [0.3, 0.4) is 0 Å². The van der Waals surface area contributed by atoms with E-state index >= 15 is 0 Å². The maximum absolute atomic E-state index is 13.3. The Morgan fingerprint density at radius 2 is 2.04 bits per heavy atom. The van der Waals surface area contributed by atoms with Crippen LogP contribution in [0.4, 0.5) is 4.39 Å². The van der Waals surface area contributed by atoms with Crippen molar-refractivity contribution in [2.75, 3.05) is 26.2 Å². The molecule has 0 bridgehead atoms. The molecule has 0 N–H and O–H groups in total. The molecule has 1 aliphatic rings. The molecule has 124 valence electrons. The van der Waals surface area contributed by atoms with Crippen LogP contribution in [0.15, 0.2) is 54.6 Å². The van der Waals surface area contributed by atoms with Gasteiger partial charge in [0.15, 0.2) is 6.29 Å². The molecule has 2 aromatic rings. The highest BCUT2D eigenvalue weighted by molar-refractivity contribution is 5.79. The molecule has 1 heterocycles. The van der Waals surface area contributed by atoms with E-state index in [1.165, 1.54) is 11.6 Å². The number of nitrogens with zero attached hydrogens (tertiary/aromatic N) is 1. The zero-order valence-corrected chi connectivity index (χ0v) is 13.5. The molecule has 0 amide bonds. The number of aldehydes is 1. The molecule has 24 heavy (non-hydrogen) atoms. The summed E-state index contributed by atoms with van der Waals surface area (Å²) in [4.78, 5) is 13.2. The lowest BCUT2D eigenvalue weighted by Crippen LogP contribution is -2.32. The lowest BCUT2D eigenvalue weighted by molar-refractivity contribution is 0.111. The predicted octanol–water partition coefficient (Wildman–Crippen LogP) is 3.81. The second-order valence-electron chi connectivity index (χ2n) is 5.79. The summed E-state index contributed by atoms with van der Waals surface area (Å²) in [5.74, 6) is 0.429. The number of hydrogen-bond donors (Lipinski definition) is 0. The van der Waals surface area contributed by atoms with Gasteiger partial charge in [-0.25, -0.2) is 4.39 Å². The number of hydrogen-bond acceptors (Lipinski definition) is 3. The van der Waals surface area contributed by atoms with E-state index in [-0.39, 0.29) is 5.82 Å². The highest BCUT2D eigenvalue weighted by atomic mass is 19.1. The first-order valence-electron chi connectivity index (χ1n) is 8.10. The Hall–Kier alpha value is -2.46. The van der Waals surface area contributed by atoms with Crippen LogP contribution in [0.25, 0.3) is 5.57 Å². The lowest BCUT2D eigenvalue weighted by Gasteiger charge is -2.26. The number of benzene rings is 2. The Labute approximate surface area is 141 Å². The van der Waals surface area contributed by atoms with Gasteiger partial charge in [0.2, 0.25) is 0 Å². The quantitative estimate of drug-likeness (QED) is 0.757. The molecular weight excluding hydrogens is 305 g/mol. The van der Waals surface area contributed by atoms with Gasteiger partial charge in [-0.05, 0) is 41.8 Å². The molecule has 1 aliphatic heterocycles. The minimum absolute atomic E-state index is 0.196. The van der Waals surface area contributed by atoms with Gasteiger partial charge < -0.3 is 4.74 Å². The Morgan fingerprint density at radius 1 is 1.17 bits per heavy atom. The largest absolute Gasteiger partial charge is 0.492 e. The van der Waals surface area contributed by atoms with Gasteiger partial charge in [0, 0.05) is 19.6 Å². The summed E-state index contributed by atoms with van der Waals surface area (Å²) >= 11 is 0. The molecule has 0 aromatic heterocycles. The van der Waals surface area contributed by atoms with Crippen LogP contribution in [-0.2, 0) is 0 Å². The Bertz CT molecular complexity index is 742. The van der Waals surface area contributed by atoms with Crippen molar-refractivity contribution in [3.63, 3.8) is 0 Å². The summed E-state index contributed by atoms with van der Waals surface area (Å²) in [5, 5.41) is 0. The Morgan fingerprint density at radius 3 is 2.79 bits per heavy atom. The molecule has 4 heteroatoms. The molecule has 0 fully saturated rings. The monoisotopic (exact) mass is 325 g/mol. The van der Waals surface area contributed by atoms with Gasteiger partial charge >= 0.3 is 0 Å². The van der Waals surface area contributed by atoms with E-state index in [0.29, 0.717) is 17.9 Å². The van der Waals surface area contributed by atoms with E-state index in [4.69, 9.17) is 4.74 Å². The SMILES string of the molecule is O=Cc1ccccc1OCCN1CC=C(c2cccc(F)c2)CC1. The molecule has 2 aromatic carbocycles. The number of halogens is 1.